The Balaban J connectivity index is 2.85. The van der Waals surface area contributed by atoms with Crippen LogP contribution in [0.25, 0.3) is 0 Å². The largest absolute Gasteiger partial charge is 0.399 e. The third-order valence-corrected chi connectivity index (χ3v) is 4.63. The second-order valence-corrected chi connectivity index (χ2v) is 6.86. The summed E-state index contributed by atoms with van der Waals surface area (Å²) < 4.78 is 40.5. The SMILES string of the molecule is Cc1cc(N)cc(S(=O)(=O)NCCN(C)C(C)C)c1F. The highest BCUT2D eigenvalue weighted by atomic mass is 32.2. The van der Waals surface area contributed by atoms with Crippen LogP contribution in [0.1, 0.15) is 19.4 Å². The fourth-order valence-corrected chi connectivity index (χ4v) is 2.86. The first-order valence-corrected chi connectivity index (χ1v) is 7.89. The van der Waals surface area contributed by atoms with Crippen molar-refractivity contribution in [1.29, 1.82) is 0 Å². The first-order valence-electron chi connectivity index (χ1n) is 6.40. The van der Waals surface area contributed by atoms with E-state index in [0.717, 1.165) is 6.07 Å². The lowest BCUT2D eigenvalue weighted by Crippen LogP contribution is -2.36. The average molecular weight is 303 g/mol. The standard InChI is InChI=1S/C13H22FN3O2S/c1-9(2)17(4)6-5-16-20(18,19)12-8-11(15)7-10(3)13(12)14/h7-9,16H,5-6,15H2,1-4H3. The zero-order valence-electron chi connectivity index (χ0n) is 12.3. The van der Waals surface area contributed by atoms with E-state index in [1.165, 1.54) is 13.0 Å². The van der Waals surface area contributed by atoms with Gasteiger partial charge in [-0.2, -0.15) is 0 Å². The molecule has 0 aliphatic heterocycles. The molecule has 7 heteroatoms. The van der Waals surface area contributed by atoms with Crippen LogP contribution in [0.2, 0.25) is 0 Å². The van der Waals surface area contributed by atoms with Crippen LogP contribution >= 0.6 is 0 Å². The smallest absolute Gasteiger partial charge is 0.243 e. The van der Waals surface area contributed by atoms with Gasteiger partial charge in [-0.15, -0.1) is 0 Å². The number of aryl methyl sites for hydroxylation is 1. The summed E-state index contributed by atoms with van der Waals surface area (Å²) in [6.45, 7) is 6.26. The molecule has 0 radical (unpaired) electrons. The second kappa shape index (κ2) is 6.51. The Morgan fingerprint density at radius 2 is 2.00 bits per heavy atom. The third kappa shape index (κ3) is 4.16. The minimum absolute atomic E-state index is 0.213. The lowest BCUT2D eigenvalue weighted by molar-refractivity contribution is 0.278. The number of halogens is 1. The van der Waals surface area contributed by atoms with Gasteiger partial charge in [-0.3, -0.25) is 0 Å². The number of anilines is 1. The number of hydrogen-bond acceptors (Lipinski definition) is 4. The monoisotopic (exact) mass is 303 g/mol. The molecule has 0 saturated heterocycles. The molecule has 0 aliphatic rings. The number of likely N-dealkylation sites (N-methyl/N-ethyl adjacent to an activating group) is 1. The van der Waals surface area contributed by atoms with Crippen molar-refractivity contribution >= 4 is 15.7 Å². The maximum Gasteiger partial charge on any atom is 0.243 e. The van der Waals surface area contributed by atoms with Crippen molar-refractivity contribution in [3.05, 3.63) is 23.5 Å². The fourth-order valence-electron chi connectivity index (χ4n) is 1.65. The molecule has 0 aliphatic carbocycles. The molecule has 114 valence electrons. The van der Waals surface area contributed by atoms with Crippen molar-refractivity contribution in [2.24, 2.45) is 0 Å². The fraction of sp³-hybridized carbons (Fsp3) is 0.538. The lowest BCUT2D eigenvalue weighted by Gasteiger charge is -2.21. The lowest BCUT2D eigenvalue weighted by atomic mass is 10.2. The highest BCUT2D eigenvalue weighted by Gasteiger charge is 2.21. The molecule has 0 bridgehead atoms. The van der Waals surface area contributed by atoms with Crippen LogP contribution in [0, 0.1) is 12.7 Å². The van der Waals surface area contributed by atoms with Gasteiger partial charge in [-0.1, -0.05) is 0 Å². The number of nitrogens with zero attached hydrogens (tertiary/aromatic N) is 1. The molecule has 0 saturated carbocycles. The van der Waals surface area contributed by atoms with Gasteiger partial charge >= 0.3 is 0 Å². The summed E-state index contributed by atoms with van der Waals surface area (Å²) in [5.41, 5.74) is 6.01. The first-order chi connectivity index (χ1) is 9.15. The van der Waals surface area contributed by atoms with Crippen molar-refractivity contribution in [2.75, 3.05) is 25.9 Å². The summed E-state index contributed by atoms with van der Waals surface area (Å²) in [6.07, 6.45) is 0. The van der Waals surface area contributed by atoms with Gasteiger partial charge in [0.2, 0.25) is 10.0 Å². The van der Waals surface area contributed by atoms with E-state index >= 15 is 0 Å². The summed E-state index contributed by atoms with van der Waals surface area (Å²) in [5.74, 6) is -0.760. The van der Waals surface area contributed by atoms with Gasteiger partial charge in [0.15, 0.2) is 0 Å². The van der Waals surface area contributed by atoms with Crippen LogP contribution in [0.4, 0.5) is 10.1 Å². The zero-order valence-corrected chi connectivity index (χ0v) is 13.1. The summed E-state index contributed by atoms with van der Waals surface area (Å²) in [6, 6.07) is 2.85. The number of hydrogen-bond donors (Lipinski definition) is 2. The summed E-state index contributed by atoms with van der Waals surface area (Å²) in [4.78, 5) is 1.59. The van der Waals surface area contributed by atoms with Crippen LogP contribution in [-0.2, 0) is 10.0 Å². The molecule has 3 N–H and O–H groups in total. The molecule has 0 amide bonds. The molecule has 1 aromatic carbocycles. The highest BCUT2D eigenvalue weighted by Crippen LogP contribution is 2.21. The average Bonchev–Trinajstić information content (AvgIpc) is 2.33. The zero-order chi connectivity index (χ0) is 15.5. The Morgan fingerprint density at radius 1 is 1.40 bits per heavy atom. The van der Waals surface area contributed by atoms with E-state index in [9.17, 15) is 12.8 Å². The quantitative estimate of drug-likeness (QED) is 0.778. The normalized spacial score (nSPS) is 12.3. The van der Waals surface area contributed by atoms with Gasteiger partial charge in [0.25, 0.3) is 0 Å². The first kappa shape index (κ1) is 16.9. The molecular formula is C13H22FN3O2S. The van der Waals surface area contributed by atoms with E-state index in [-0.39, 0.29) is 17.8 Å². The number of rotatable bonds is 6. The van der Waals surface area contributed by atoms with Crippen LogP contribution in [0.15, 0.2) is 17.0 Å². The number of sulfonamides is 1. The van der Waals surface area contributed by atoms with Gasteiger partial charge < -0.3 is 10.6 Å². The molecule has 0 spiro atoms. The number of benzene rings is 1. The van der Waals surface area contributed by atoms with Gasteiger partial charge in [0.1, 0.15) is 10.7 Å². The van der Waals surface area contributed by atoms with E-state index in [0.29, 0.717) is 12.6 Å². The molecule has 0 aromatic heterocycles. The predicted octanol–water partition coefficient (Wildman–Crippen LogP) is 1.33. The van der Waals surface area contributed by atoms with Crippen molar-refractivity contribution in [1.82, 2.24) is 9.62 Å². The topological polar surface area (TPSA) is 75.4 Å². The molecule has 1 aromatic rings. The molecule has 5 nitrogen and oxygen atoms in total. The number of nitrogen functional groups attached to an aromatic ring is 1. The van der Waals surface area contributed by atoms with Crippen molar-refractivity contribution in [3.8, 4) is 0 Å². The Kier molecular flexibility index (Phi) is 5.50. The minimum Gasteiger partial charge on any atom is -0.399 e. The van der Waals surface area contributed by atoms with Gasteiger partial charge in [-0.05, 0) is 45.5 Å². The molecule has 0 atom stereocenters. The molecular weight excluding hydrogens is 281 g/mol. The van der Waals surface area contributed by atoms with E-state index in [4.69, 9.17) is 5.73 Å². The van der Waals surface area contributed by atoms with Crippen LogP contribution in [0.3, 0.4) is 0 Å². The molecule has 0 unspecified atom stereocenters. The summed E-state index contributed by atoms with van der Waals surface area (Å²) >= 11 is 0. The van der Waals surface area contributed by atoms with Crippen LogP contribution in [-0.4, -0.2) is 39.5 Å². The summed E-state index contributed by atoms with van der Waals surface area (Å²) in [5, 5.41) is 0. The van der Waals surface area contributed by atoms with E-state index < -0.39 is 20.7 Å². The Hall–Kier alpha value is -1.18. The molecule has 1 rings (SSSR count). The Bertz CT molecular complexity index is 573. The highest BCUT2D eigenvalue weighted by molar-refractivity contribution is 7.89. The third-order valence-electron chi connectivity index (χ3n) is 3.17. The van der Waals surface area contributed by atoms with Crippen molar-refractivity contribution in [2.45, 2.75) is 31.7 Å². The van der Waals surface area contributed by atoms with E-state index in [1.54, 1.807) is 0 Å². The van der Waals surface area contributed by atoms with Crippen LogP contribution < -0.4 is 10.5 Å². The van der Waals surface area contributed by atoms with E-state index in [1.807, 2.05) is 25.8 Å². The maximum atomic E-state index is 13.9. The second-order valence-electron chi connectivity index (χ2n) is 5.12. The van der Waals surface area contributed by atoms with E-state index in [2.05, 4.69) is 4.72 Å². The summed E-state index contributed by atoms with van der Waals surface area (Å²) in [7, 11) is -2.00. The van der Waals surface area contributed by atoms with Crippen molar-refractivity contribution < 1.29 is 12.8 Å². The molecule has 20 heavy (non-hydrogen) atoms. The van der Waals surface area contributed by atoms with Crippen molar-refractivity contribution in [3.63, 3.8) is 0 Å². The molecule has 0 fully saturated rings. The van der Waals surface area contributed by atoms with Gasteiger partial charge in [-0.25, -0.2) is 17.5 Å². The minimum atomic E-state index is -3.89. The Labute approximate surface area is 120 Å². The van der Waals surface area contributed by atoms with Gasteiger partial charge in [0, 0.05) is 24.8 Å². The Morgan fingerprint density at radius 3 is 2.55 bits per heavy atom. The van der Waals surface area contributed by atoms with Crippen LogP contribution in [0.5, 0.6) is 0 Å². The molecule has 0 heterocycles. The number of nitrogens with one attached hydrogen (secondary N) is 1. The number of nitrogens with two attached hydrogens (primary N) is 1. The van der Waals surface area contributed by atoms with Gasteiger partial charge in [0.05, 0.1) is 0 Å². The predicted molar refractivity (Wildman–Crippen MR) is 78.5 cm³/mol. The maximum absolute atomic E-state index is 13.9.